The van der Waals surface area contributed by atoms with Crippen LogP contribution in [0.1, 0.15) is 19.4 Å². The Bertz CT molecular complexity index is 1020. The number of carbonyl (C=O) groups is 3. The normalized spacial score (nSPS) is 16.1. The van der Waals surface area contributed by atoms with Gasteiger partial charge in [0.2, 0.25) is 0 Å². The van der Waals surface area contributed by atoms with Gasteiger partial charge in [-0.25, -0.2) is 14.1 Å². The monoisotopic (exact) mass is 431 g/mol. The van der Waals surface area contributed by atoms with Gasteiger partial charge in [0.15, 0.2) is 17.6 Å². The molecule has 1 fully saturated rings. The predicted molar refractivity (Wildman–Crippen MR) is 110 cm³/mol. The van der Waals surface area contributed by atoms with Gasteiger partial charge in [0.05, 0.1) is 17.2 Å². The molecule has 1 aliphatic heterocycles. The number of benzene rings is 2. The molecule has 0 aromatic heterocycles. The van der Waals surface area contributed by atoms with Gasteiger partial charge in [-0.1, -0.05) is 6.07 Å². The van der Waals surface area contributed by atoms with Gasteiger partial charge >= 0.3 is 5.97 Å². The van der Waals surface area contributed by atoms with Crippen molar-refractivity contribution in [2.75, 3.05) is 11.5 Å². The van der Waals surface area contributed by atoms with E-state index in [1.807, 2.05) is 0 Å². The van der Waals surface area contributed by atoms with Crippen molar-refractivity contribution in [2.24, 2.45) is 0 Å². The number of anilines is 1. The van der Waals surface area contributed by atoms with Gasteiger partial charge in [0.1, 0.15) is 5.82 Å². The molecule has 30 heavy (non-hydrogen) atoms. The van der Waals surface area contributed by atoms with Crippen LogP contribution in [0.25, 0.3) is 6.08 Å². The lowest BCUT2D eigenvalue weighted by atomic mass is 10.1. The average molecular weight is 431 g/mol. The zero-order chi connectivity index (χ0) is 21.8. The summed E-state index contributed by atoms with van der Waals surface area (Å²) in [5.41, 5.74) is 0.849. The zero-order valence-corrected chi connectivity index (χ0v) is 16.9. The lowest BCUT2D eigenvalue weighted by molar-refractivity contribution is -0.144. The van der Waals surface area contributed by atoms with Gasteiger partial charge < -0.3 is 14.6 Å². The van der Waals surface area contributed by atoms with E-state index in [1.54, 1.807) is 25.1 Å². The van der Waals surface area contributed by atoms with Crippen molar-refractivity contribution >= 4 is 40.6 Å². The van der Waals surface area contributed by atoms with Gasteiger partial charge in [-0.2, -0.15) is 0 Å². The molecular weight excluding hydrogens is 413 g/mol. The van der Waals surface area contributed by atoms with E-state index < -0.39 is 29.0 Å². The fourth-order valence-electron chi connectivity index (χ4n) is 2.65. The van der Waals surface area contributed by atoms with Gasteiger partial charge in [-0.05, 0) is 73.6 Å². The summed E-state index contributed by atoms with van der Waals surface area (Å²) >= 11 is 0.769. The Labute approximate surface area is 176 Å². The highest BCUT2D eigenvalue weighted by molar-refractivity contribution is 8.19. The highest BCUT2D eigenvalue weighted by atomic mass is 32.2. The van der Waals surface area contributed by atoms with Crippen LogP contribution in [0.15, 0.2) is 47.4 Å². The summed E-state index contributed by atoms with van der Waals surface area (Å²) in [6.45, 7) is 3.49. The topological polar surface area (TPSA) is 93.1 Å². The van der Waals surface area contributed by atoms with Crippen LogP contribution in [0.3, 0.4) is 0 Å². The van der Waals surface area contributed by atoms with Crippen LogP contribution in [0.4, 0.5) is 14.9 Å². The number of ether oxygens (including phenoxy) is 2. The van der Waals surface area contributed by atoms with Crippen LogP contribution in [0.2, 0.25) is 0 Å². The van der Waals surface area contributed by atoms with Crippen molar-refractivity contribution < 1.29 is 33.4 Å². The summed E-state index contributed by atoms with van der Waals surface area (Å²) in [7, 11) is 0. The van der Waals surface area contributed by atoms with Gasteiger partial charge in [0.25, 0.3) is 11.1 Å². The molecule has 1 unspecified atom stereocenters. The number of carbonyl (C=O) groups excluding carboxylic acids is 2. The third-order valence-electron chi connectivity index (χ3n) is 4.10. The second-order valence-electron chi connectivity index (χ2n) is 6.23. The number of imide groups is 1. The van der Waals surface area contributed by atoms with Crippen molar-refractivity contribution in [1.82, 2.24) is 0 Å². The molecule has 2 amide bonds. The third-order valence-corrected chi connectivity index (χ3v) is 4.97. The van der Waals surface area contributed by atoms with E-state index >= 15 is 0 Å². The smallest absolute Gasteiger partial charge is 0.344 e. The molecule has 7 nitrogen and oxygen atoms in total. The summed E-state index contributed by atoms with van der Waals surface area (Å²) in [4.78, 5) is 37.2. The summed E-state index contributed by atoms with van der Waals surface area (Å²) in [5.74, 6) is -1.53. The Morgan fingerprint density at radius 1 is 1.20 bits per heavy atom. The minimum Gasteiger partial charge on any atom is -0.490 e. The number of carboxylic acid groups (broad SMARTS) is 1. The maximum absolute atomic E-state index is 13.1. The number of thioether (sulfide) groups is 1. The first-order valence-corrected chi connectivity index (χ1v) is 9.81. The highest BCUT2D eigenvalue weighted by Crippen LogP contribution is 2.37. The number of aliphatic carboxylic acids is 1. The minimum absolute atomic E-state index is 0.194. The number of nitrogens with zero attached hydrogens (tertiary/aromatic N) is 1. The van der Waals surface area contributed by atoms with E-state index in [4.69, 9.17) is 14.6 Å². The molecule has 0 radical (unpaired) electrons. The van der Waals surface area contributed by atoms with Crippen molar-refractivity contribution in [2.45, 2.75) is 20.0 Å². The number of amides is 2. The highest BCUT2D eigenvalue weighted by Gasteiger charge is 2.36. The first-order chi connectivity index (χ1) is 14.3. The quantitative estimate of drug-likeness (QED) is 0.653. The molecule has 2 aromatic carbocycles. The lowest BCUT2D eigenvalue weighted by Crippen LogP contribution is -2.27. The molecule has 1 saturated heterocycles. The van der Waals surface area contributed by atoms with E-state index in [0.717, 1.165) is 16.7 Å². The molecular formula is C21H18FNO6S. The lowest BCUT2D eigenvalue weighted by Gasteiger charge is -2.15. The molecule has 1 aliphatic rings. The molecule has 0 bridgehead atoms. The third kappa shape index (κ3) is 4.62. The minimum atomic E-state index is -1.11. The average Bonchev–Trinajstić information content (AvgIpc) is 2.98. The number of hydrogen-bond donors (Lipinski definition) is 1. The molecule has 2 aromatic rings. The molecule has 1 atom stereocenters. The molecule has 1 N–H and O–H groups in total. The second-order valence-corrected chi connectivity index (χ2v) is 7.22. The maximum Gasteiger partial charge on any atom is 0.344 e. The molecule has 9 heteroatoms. The Morgan fingerprint density at radius 2 is 1.90 bits per heavy atom. The number of hydrogen-bond acceptors (Lipinski definition) is 6. The summed E-state index contributed by atoms with van der Waals surface area (Å²) in [5, 5.41) is 8.54. The van der Waals surface area contributed by atoms with Crippen LogP contribution >= 0.6 is 11.8 Å². The molecule has 0 saturated carbocycles. The summed E-state index contributed by atoms with van der Waals surface area (Å²) in [6.07, 6.45) is 0.462. The van der Waals surface area contributed by atoms with Crippen LogP contribution in [-0.4, -0.2) is 34.9 Å². The largest absolute Gasteiger partial charge is 0.490 e. The Hall–Kier alpha value is -3.33. The molecule has 156 valence electrons. The Kier molecular flexibility index (Phi) is 6.41. The number of rotatable bonds is 7. The van der Waals surface area contributed by atoms with Gasteiger partial charge in [-0.3, -0.25) is 9.59 Å². The molecule has 1 heterocycles. The van der Waals surface area contributed by atoms with E-state index in [-0.39, 0.29) is 16.3 Å². The van der Waals surface area contributed by atoms with Crippen LogP contribution in [-0.2, 0) is 9.59 Å². The zero-order valence-electron chi connectivity index (χ0n) is 16.1. The Morgan fingerprint density at radius 3 is 2.53 bits per heavy atom. The Balaban J connectivity index is 1.87. The van der Waals surface area contributed by atoms with E-state index in [0.29, 0.717) is 17.9 Å². The van der Waals surface area contributed by atoms with Crippen molar-refractivity contribution in [3.8, 4) is 11.5 Å². The van der Waals surface area contributed by atoms with Gasteiger partial charge in [-0.15, -0.1) is 0 Å². The number of carboxylic acids is 1. The first kappa shape index (κ1) is 21.4. The molecule has 0 aliphatic carbocycles. The molecule has 0 spiro atoms. The van der Waals surface area contributed by atoms with Crippen molar-refractivity contribution in [3.05, 3.63) is 58.8 Å². The fraction of sp³-hybridized carbons (Fsp3) is 0.190. The second kappa shape index (κ2) is 9.00. The van der Waals surface area contributed by atoms with Gasteiger partial charge in [0, 0.05) is 0 Å². The molecule has 3 rings (SSSR count). The predicted octanol–water partition coefficient (Wildman–Crippen LogP) is 4.32. The van der Waals surface area contributed by atoms with Crippen molar-refractivity contribution in [1.29, 1.82) is 0 Å². The summed E-state index contributed by atoms with van der Waals surface area (Å²) < 4.78 is 24.0. The van der Waals surface area contributed by atoms with E-state index in [1.165, 1.54) is 37.3 Å². The maximum atomic E-state index is 13.1. The fourth-order valence-corrected chi connectivity index (χ4v) is 3.49. The standard InChI is InChI=1S/C21H18FNO6S/c1-3-28-17-10-13(4-9-16(17)29-12(2)20(25)26)11-18-19(24)23(21(27)30-18)15-7-5-14(22)6-8-15/h4-12H,3H2,1-2H3,(H,25,26)/b18-11+. The van der Waals surface area contributed by atoms with Crippen LogP contribution < -0.4 is 14.4 Å². The van der Waals surface area contributed by atoms with E-state index in [9.17, 15) is 18.8 Å². The van der Waals surface area contributed by atoms with Crippen LogP contribution in [0, 0.1) is 5.82 Å². The first-order valence-electron chi connectivity index (χ1n) is 9.00. The van der Waals surface area contributed by atoms with E-state index in [2.05, 4.69) is 0 Å². The summed E-state index contributed by atoms with van der Waals surface area (Å²) in [6, 6.07) is 9.83. The SMILES string of the molecule is CCOc1cc(/C=C2/SC(=O)N(c3ccc(F)cc3)C2=O)ccc1OC(C)C(=O)O. The number of halogens is 1. The van der Waals surface area contributed by atoms with Crippen molar-refractivity contribution in [3.63, 3.8) is 0 Å². The van der Waals surface area contributed by atoms with Crippen LogP contribution in [0.5, 0.6) is 11.5 Å².